The second-order valence-corrected chi connectivity index (χ2v) is 11.8. The van der Waals surface area contributed by atoms with Gasteiger partial charge in [0.25, 0.3) is 10.1 Å². The summed E-state index contributed by atoms with van der Waals surface area (Å²) in [5.41, 5.74) is 2.75. The number of hydrogen-bond donors (Lipinski definition) is 2. The molecule has 6 heteroatoms. The van der Waals surface area contributed by atoms with Gasteiger partial charge in [0.1, 0.15) is 5.75 Å². The molecule has 5 nitrogen and oxygen atoms in total. The number of fused-ring (bicyclic) bond motifs is 5. The van der Waals surface area contributed by atoms with Crippen LogP contribution in [0, 0.1) is 23.2 Å². The van der Waals surface area contributed by atoms with E-state index in [0.717, 1.165) is 64.0 Å². The summed E-state index contributed by atoms with van der Waals surface area (Å²) in [5.74, 6) is 2.57. The maximum Gasteiger partial charge on any atom is 0.264 e. The van der Waals surface area contributed by atoms with Crippen LogP contribution in [0.3, 0.4) is 0 Å². The normalized spacial score (nSPS) is 35.5. The average Bonchev–Trinajstić information content (AvgIpc) is 2.98. The molecular formula is C24H36O5S. The molecule has 2 saturated carbocycles. The monoisotopic (exact) mass is 436 g/mol. The third kappa shape index (κ3) is 4.28. The molecule has 0 aromatic heterocycles. The van der Waals surface area contributed by atoms with Crippen molar-refractivity contribution >= 4 is 10.1 Å². The van der Waals surface area contributed by atoms with Crippen LogP contribution in [0.5, 0.6) is 5.75 Å². The summed E-state index contributed by atoms with van der Waals surface area (Å²) in [6.07, 6.45) is 10.0. The Morgan fingerprint density at radius 3 is 2.73 bits per heavy atom. The molecule has 0 radical (unpaired) electrons. The SMILES string of the molecule is C[C@]12CC[C@@H]3c4ccc(O)cc4C[C@@H](CCCCCOS(C)(=O)=O)[C@H]3[C@@H]1CC[C@@H]2O. The lowest BCUT2D eigenvalue weighted by Crippen LogP contribution is -2.47. The molecule has 3 aliphatic rings. The van der Waals surface area contributed by atoms with E-state index in [1.165, 1.54) is 11.1 Å². The van der Waals surface area contributed by atoms with Crippen molar-refractivity contribution in [2.24, 2.45) is 23.2 Å². The van der Waals surface area contributed by atoms with E-state index in [0.29, 0.717) is 29.4 Å². The highest BCUT2D eigenvalue weighted by atomic mass is 32.2. The van der Waals surface area contributed by atoms with Crippen molar-refractivity contribution in [3.05, 3.63) is 29.3 Å². The molecule has 0 aliphatic heterocycles. The minimum atomic E-state index is -3.35. The van der Waals surface area contributed by atoms with Crippen molar-refractivity contribution in [3.63, 3.8) is 0 Å². The summed E-state index contributed by atoms with van der Waals surface area (Å²) in [6.45, 7) is 2.57. The lowest BCUT2D eigenvalue weighted by molar-refractivity contribution is -0.0396. The third-order valence-corrected chi connectivity index (χ3v) is 8.95. The average molecular weight is 437 g/mol. The smallest absolute Gasteiger partial charge is 0.264 e. The van der Waals surface area contributed by atoms with Crippen molar-refractivity contribution in [1.29, 1.82) is 0 Å². The molecule has 4 rings (SSSR count). The van der Waals surface area contributed by atoms with Gasteiger partial charge in [0, 0.05) is 0 Å². The number of benzene rings is 1. The molecule has 0 amide bonds. The van der Waals surface area contributed by atoms with Gasteiger partial charge < -0.3 is 10.2 Å². The topological polar surface area (TPSA) is 83.8 Å². The van der Waals surface area contributed by atoms with Gasteiger partial charge in [-0.3, -0.25) is 4.18 Å². The number of unbranched alkanes of at least 4 members (excludes halogenated alkanes) is 2. The number of hydrogen-bond acceptors (Lipinski definition) is 5. The van der Waals surface area contributed by atoms with Crippen molar-refractivity contribution in [2.75, 3.05) is 12.9 Å². The van der Waals surface area contributed by atoms with Gasteiger partial charge in [-0.05, 0) is 97.3 Å². The number of phenolic OH excluding ortho intramolecular Hbond substituents is 1. The molecule has 2 fully saturated rings. The van der Waals surface area contributed by atoms with Gasteiger partial charge in [0.05, 0.1) is 19.0 Å². The second kappa shape index (κ2) is 8.44. The summed E-state index contributed by atoms with van der Waals surface area (Å²) in [7, 11) is -3.35. The number of rotatable bonds is 7. The first-order valence-corrected chi connectivity index (χ1v) is 13.3. The molecule has 1 aromatic rings. The van der Waals surface area contributed by atoms with Crippen LogP contribution in [0.1, 0.15) is 75.3 Å². The van der Waals surface area contributed by atoms with E-state index < -0.39 is 10.1 Å². The molecule has 6 atom stereocenters. The highest BCUT2D eigenvalue weighted by molar-refractivity contribution is 7.85. The van der Waals surface area contributed by atoms with E-state index in [-0.39, 0.29) is 18.1 Å². The van der Waals surface area contributed by atoms with Crippen LogP contribution in [0.2, 0.25) is 0 Å². The first-order valence-electron chi connectivity index (χ1n) is 11.5. The van der Waals surface area contributed by atoms with E-state index in [1.54, 1.807) is 0 Å². The van der Waals surface area contributed by atoms with E-state index in [2.05, 4.69) is 13.0 Å². The van der Waals surface area contributed by atoms with Crippen LogP contribution in [0.25, 0.3) is 0 Å². The van der Waals surface area contributed by atoms with Gasteiger partial charge in [0.2, 0.25) is 0 Å². The maximum atomic E-state index is 11.1. The van der Waals surface area contributed by atoms with Gasteiger partial charge in [-0.25, -0.2) is 0 Å². The zero-order valence-corrected chi connectivity index (χ0v) is 19.0. The zero-order valence-electron chi connectivity index (χ0n) is 18.2. The van der Waals surface area contributed by atoms with E-state index in [1.807, 2.05) is 12.1 Å². The Morgan fingerprint density at radius 1 is 1.17 bits per heavy atom. The number of aliphatic hydroxyl groups is 1. The Bertz CT molecular complexity index is 866. The van der Waals surface area contributed by atoms with E-state index in [9.17, 15) is 18.6 Å². The zero-order chi connectivity index (χ0) is 21.5. The molecule has 30 heavy (non-hydrogen) atoms. The minimum Gasteiger partial charge on any atom is -0.508 e. The first kappa shape index (κ1) is 22.1. The van der Waals surface area contributed by atoms with Gasteiger partial charge in [-0.2, -0.15) is 8.42 Å². The van der Waals surface area contributed by atoms with Crippen molar-refractivity contribution in [1.82, 2.24) is 0 Å². The van der Waals surface area contributed by atoms with E-state index in [4.69, 9.17) is 4.18 Å². The molecule has 0 bridgehead atoms. The van der Waals surface area contributed by atoms with Crippen molar-refractivity contribution in [2.45, 2.75) is 76.7 Å². The largest absolute Gasteiger partial charge is 0.508 e. The van der Waals surface area contributed by atoms with Gasteiger partial charge >= 0.3 is 0 Å². The molecule has 1 aromatic carbocycles. The minimum absolute atomic E-state index is 0.0389. The highest BCUT2D eigenvalue weighted by Crippen LogP contribution is 2.62. The maximum absolute atomic E-state index is 11.1. The molecule has 0 spiro atoms. The van der Waals surface area contributed by atoms with Crippen LogP contribution in [-0.4, -0.2) is 37.6 Å². The molecule has 168 valence electrons. The van der Waals surface area contributed by atoms with Gasteiger partial charge in [-0.1, -0.05) is 25.8 Å². The Balaban J connectivity index is 1.48. The lowest BCUT2D eigenvalue weighted by atomic mass is 9.52. The molecule has 0 saturated heterocycles. The number of phenols is 1. The first-order chi connectivity index (χ1) is 14.2. The summed E-state index contributed by atoms with van der Waals surface area (Å²) >= 11 is 0. The Labute approximate surface area is 181 Å². The molecule has 0 heterocycles. The highest BCUT2D eigenvalue weighted by Gasteiger charge is 2.56. The summed E-state index contributed by atoms with van der Waals surface area (Å²) < 4.78 is 27.1. The Kier molecular flexibility index (Phi) is 6.21. The molecule has 3 aliphatic carbocycles. The summed E-state index contributed by atoms with van der Waals surface area (Å²) in [5, 5.41) is 20.8. The van der Waals surface area contributed by atoms with Crippen molar-refractivity contribution in [3.8, 4) is 5.75 Å². The Morgan fingerprint density at radius 2 is 1.97 bits per heavy atom. The van der Waals surface area contributed by atoms with Crippen molar-refractivity contribution < 1.29 is 22.8 Å². The molecule has 0 unspecified atom stereocenters. The Hall–Kier alpha value is -1.11. The fraction of sp³-hybridized carbons (Fsp3) is 0.750. The predicted molar refractivity (Wildman–Crippen MR) is 117 cm³/mol. The molecular weight excluding hydrogens is 400 g/mol. The summed E-state index contributed by atoms with van der Waals surface area (Å²) in [4.78, 5) is 0. The second-order valence-electron chi connectivity index (χ2n) is 10.2. The third-order valence-electron chi connectivity index (χ3n) is 8.35. The number of aromatic hydroxyl groups is 1. The fourth-order valence-corrected chi connectivity index (χ4v) is 7.35. The van der Waals surface area contributed by atoms with Crippen LogP contribution in [0.4, 0.5) is 0 Å². The van der Waals surface area contributed by atoms with Crippen LogP contribution in [-0.2, 0) is 20.7 Å². The van der Waals surface area contributed by atoms with Gasteiger partial charge in [0.15, 0.2) is 0 Å². The van der Waals surface area contributed by atoms with Crippen LogP contribution >= 0.6 is 0 Å². The fourth-order valence-electron chi connectivity index (χ4n) is 6.93. The standard InChI is InChI=1S/C24H36O5S/c1-24-12-11-20-19-8-7-18(25)15-17(19)14-16(23(20)21(24)9-10-22(24)26)6-4-3-5-13-29-30(2,27)28/h7-8,15-16,20-23,25-26H,3-6,9-14H2,1-2H3/t16-,20-,21+,22+,23-,24+/m1/s1. The van der Waals surface area contributed by atoms with Gasteiger partial charge in [-0.15, -0.1) is 0 Å². The van der Waals surface area contributed by atoms with Crippen LogP contribution in [0.15, 0.2) is 18.2 Å². The van der Waals surface area contributed by atoms with Crippen LogP contribution < -0.4 is 0 Å². The summed E-state index contributed by atoms with van der Waals surface area (Å²) in [6, 6.07) is 5.92. The van der Waals surface area contributed by atoms with E-state index >= 15 is 0 Å². The predicted octanol–water partition coefficient (Wildman–Crippen LogP) is 4.37. The lowest BCUT2D eigenvalue weighted by Gasteiger charge is -2.53. The molecule has 2 N–H and O–H groups in total. The number of aliphatic hydroxyl groups excluding tert-OH is 1. The quantitative estimate of drug-likeness (QED) is 0.490.